The SMILES string of the molecule is CCNC(=O)C1CCC(c2ccccc2)N(C(=O)COC)C1. The first kappa shape index (κ1) is 16.5. The van der Waals surface area contributed by atoms with Crippen LogP contribution in [0.4, 0.5) is 0 Å². The van der Waals surface area contributed by atoms with Crippen LogP contribution in [0.1, 0.15) is 31.4 Å². The second-order valence-electron chi connectivity index (χ2n) is 5.57. The molecule has 1 N–H and O–H groups in total. The van der Waals surface area contributed by atoms with Gasteiger partial charge in [-0.2, -0.15) is 0 Å². The van der Waals surface area contributed by atoms with E-state index in [0.717, 1.165) is 18.4 Å². The number of hydrogen-bond donors (Lipinski definition) is 1. The molecule has 0 spiro atoms. The maximum Gasteiger partial charge on any atom is 0.249 e. The molecule has 0 bridgehead atoms. The van der Waals surface area contributed by atoms with E-state index in [2.05, 4.69) is 5.32 Å². The molecule has 1 saturated heterocycles. The van der Waals surface area contributed by atoms with Crippen molar-refractivity contribution in [2.24, 2.45) is 5.92 Å². The van der Waals surface area contributed by atoms with Gasteiger partial charge < -0.3 is 15.0 Å². The first-order chi connectivity index (χ1) is 10.7. The number of nitrogens with one attached hydrogen (secondary N) is 1. The number of benzene rings is 1. The van der Waals surface area contributed by atoms with Crippen LogP contribution in [0.25, 0.3) is 0 Å². The molecular formula is C17H24N2O3. The number of likely N-dealkylation sites (tertiary alicyclic amines) is 1. The fourth-order valence-electron chi connectivity index (χ4n) is 3.01. The van der Waals surface area contributed by atoms with Crippen molar-refractivity contribution < 1.29 is 14.3 Å². The highest BCUT2D eigenvalue weighted by molar-refractivity contribution is 5.82. The van der Waals surface area contributed by atoms with Crippen LogP contribution in [0.2, 0.25) is 0 Å². The van der Waals surface area contributed by atoms with Crippen molar-refractivity contribution in [2.75, 3.05) is 26.8 Å². The monoisotopic (exact) mass is 304 g/mol. The lowest BCUT2D eigenvalue weighted by Gasteiger charge is -2.39. The maximum atomic E-state index is 12.4. The fraction of sp³-hybridized carbons (Fsp3) is 0.529. The summed E-state index contributed by atoms with van der Waals surface area (Å²) in [4.78, 5) is 26.3. The molecule has 1 aliphatic heterocycles. The Labute approximate surface area is 131 Å². The molecule has 1 aliphatic rings. The number of piperidine rings is 1. The Hall–Kier alpha value is -1.88. The summed E-state index contributed by atoms with van der Waals surface area (Å²) >= 11 is 0. The summed E-state index contributed by atoms with van der Waals surface area (Å²) in [6, 6.07) is 10.0. The van der Waals surface area contributed by atoms with E-state index in [-0.39, 0.29) is 30.4 Å². The smallest absolute Gasteiger partial charge is 0.249 e. The number of nitrogens with zero attached hydrogens (tertiary/aromatic N) is 1. The molecule has 0 radical (unpaired) electrons. The van der Waals surface area contributed by atoms with Gasteiger partial charge in [0.1, 0.15) is 6.61 Å². The van der Waals surface area contributed by atoms with Crippen molar-refractivity contribution in [1.29, 1.82) is 0 Å². The minimum Gasteiger partial charge on any atom is -0.375 e. The zero-order chi connectivity index (χ0) is 15.9. The molecule has 2 amide bonds. The molecule has 2 rings (SSSR count). The summed E-state index contributed by atoms with van der Waals surface area (Å²) in [5.41, 5.74) is 1.11. The predicted octanol–water partition coefficient (Wildman–Crippen LogP) is 1.75. The number of hydrogen-bond acceptors (Lipinski definition) is 3. The highest BCUT2D eigenvalue weighted by atomic mass is 16.5. The Morgan fingerprint density at radius 2 is 2.00 bits per heavy atom. The molecule has 1 heterocycles. The highest BCUT2D eigenvalue weighted by Gasteiger charge is 2.35. The molecule has 0 saturated carbocycles. The normalized spacial score (nSPS) is 21.5. The number of carbonyl (C=O) groups is 2. The Bertz CT molecular complexity index is 504. The number of rotatable bonds is 5. The van der Waals surface area contributed by atoms with Gasteiger partial charge >= 0.3 is 0 Å². The lowest BCUT2D eigenvalue weighted by molar-refractivity contribution is -0.142. The van der Waals surface area contributed by atoms with Gasteiger partial charge in [-0.15, -0.1) is 0 Å². The zero-order valence-corrected chi connectivity index (χ0v) is 13.2. The summed E-state index contributed by atoms with van der Waals surface area (Å²) in [6.45, 7) is 3.02. The number of amides is 2. The third-order valence-corrected chi connectivity index (χ3v) is 4.08. The third-order valence-electron chi connectivity index (χ3n) is 4.08. The Morgan fingerprint density at radius 3 is 2.64 bits per heavy atom. The molecule has 1 fully saturated rings. The van der Waals surface area contributed by atoms with Gasteiger partial charge in [0.2, 0.25) is 11.8 Å². The Balaban J connectivity index is 2.17. The third kappa shape index (κ3) is 3.85. The molecule has 22 heavy (non-hydrogen) atoms. The molecule has 2 atom stereocenters. The van der Waals surface area contributed by atoms with E-state index < -0.39 is 0 Å². The van der Waals surface area contributed by atoms with E-state index in [1.807, 2.05) is 37.3 Å². The summed E-state index contributed by atoms with van der Waals surface area (Å²) in [5, 5.41) is 2.85. The van der Waals surface area contributed by atoms with Crippen LogP contribution in [-0.2, 0) is 14.3 Å². The van der Waals surface area contributed by atoms with E-state index in [0.29, 0.717) is 13.1 Å². The van der Waals surface area contributed by atoms with Gasteiger partial charge in [-0.3, -0.25) is 9.59 Å². The van der Waals surface area contributed by atoms with Crippen molar-refractivity contribution in [1.82, 2.24) is 10.2 Å². The second kappa shape index (κ2) is 7.94. The van der Waals surface area contributed by atoms with Gasteiger partial charge in [0.05, 0.1) is 12.0 Å². The van der Waals surface area contributed by atoms with Gasteiger partial charge in [-0.1, -0.05) is 30.3 Å². The van der Waals surface area contributed by atoms with E-state index in [1.54, 1.807) is 4.90 Å². The number of ether oxygens (including phenoxy) is 1. The topological polar surface area (TPSA) is 58.6 Å². The molecular weight excluding hydrogens is 280 g/mol. The number of methoxy groups -OCH3 is 1. The van der Waals surface area contributed by atoms with Crippen LogP contribution in [0.3, 0.4) is 0 Å². The fourth-order valence-corrected chi connectivity index (χ4v) is 3.01. The minimum atomic E-state index is -0.138. The van der Waals surface area contributed by atoms with Crippen LogP contribution in [0, 0.1) is 5.92 Å². The van der Waals surface area contributed by atoms with Gasteiger partial charge in [0.15, 0.2) is 0 Å². The summed E-state index contributed by atoms with van der Waals surface area (Å²) in [5.74, 6) is -0.171. The lowest BCUT2D eigenvalue weighted by atomic mass is 9.88. The molecule has 5 heteroatoms. The van der Waals surface area contributed by atoms with E-state index in [9.17, 15) is 9.59 Å². The Morgan fingerprint density at radius 1 is 1.27 bits per heavy atom. The molecule has 1 aromatic carbocycles. The van der Waals surface area contributed by atoms with E-state index in [4.69, 9.17) is 4.74 Å². The van der Waals surface area contributed by atoms with E-state index >= 15 is 0 Å². The van der Waals surface area contributed by atoms with Gasteiger partial charge in [0.25, 0.3) is 0 Å². The molecule has 120 valence electrons. The summed E-state index contributed by atoms with van der Waals surface area (Å²) < 4.78 is 4.99. The zero-order valence-electron chi connectivity index (χ0n) is 13.2. The highest BCUT2D eigenvalue weighted by Crippen LogP contribution is 2.33. The standard InChI is InChI=1S/C17H24N2O3/c1-3-18-17(21)14-9-10-15(13-7-5-4-6-8-13)19(11-14)16(20)12-22-2/h4-8,14-15H,3,9-12H2,1-2H3,(H,18,21). The summed E-state index contributed by atoms with van der Waals surface area (Å²) in [6.07, 6.45) is 1.59. The van der Waals surface area contributed by atoms with Crippen LogP contribution in [0.15, 0.2) is 30.3 Å². The average molecular weight is 304 g/mol. The van der Waals surface area contributed by atoms with Crippen molar-refractivity contribution in [3.8, 4) is 0 Å². The van der Waals surface area contributed by atoms with Crippen LogP contribution in [-0.4, -0.2) is 43.5 Å². The minimum absolute atomic E-state index is 0.0227. The first-order valence-electron chi connectivity index (χ1n) is 7.78. The first-order valence-corrected chi connectivity index (χ1v) is 7.78. The Kier molecular flexibility index (Phi) is 5.95. The molecule has 1 aromatic rings. The van der Waals surface area contributed by atoms with Crippen molar-refractivity contribution in [3.05, 3.63) is 35.9 Å². The maximum absolute atomic E-state index is 12.4. The van der Waals surface area contributed by atoms with Gasteiger partial charge in [0, 0.05) is 20.2 Å². The van der Waals surface area contributed by atoms with Crippen molar-refractivity contribution >= 4 is 11.8 Å². The van der Waals surface area contributed by atoms with Crippen LogP contribution < -0.4 is 5.32 Å². The van der Waals surface area contributed by atoms with E-state index in [1.165, 1.54) is 7.11 Å². The van der Waals surface area contributed by atoms with Crippen molar-refractivity contribution in [2.45, 2.75) is 25.8 Å². The summed E-state index contributed by atoms with van der Waals surface area (Å²) in [7, 11) is 1.51. The largest absolute Gasteiger partial charge is 0.375 e. The number of carbonyl (C=O) groups excluding carboxylic acids is 2. The predicted molar refractivity (Wildman–Crippen MR) is 84.2 cm³/mol. The molecule has 0 aromatic heterocycles. The molecule has 0 aliphatic carbocycles. The van der Waals surface area contributed by atoms with Crippen LogP contribution in [0.5, 0.6) is 0 Å². The second-order valence-corrected chi connectivity index (χ2v) is 5.57. The van der Waals surface area contributed by atoms with Gasteiger partial charge in [-0.05, 0) is 25.3 Å². The molecule has 2 unspecified atom stereocenters. The average Bonchev–Trinajstić information content (AvgIpc) is 2.55. The quantitative estimate of drug-likeness (QED) is 0.901. The van der Waals surface area contributed by atoms with Crippen molar-refractivity contribution in [3.63, 3.8) is 0 Å². The lowest BCUT2D eigenvalue weighted by Crippen LogP contribution is -2.47. The van der Waals surface area contributed by atoms with Crippen LogP contribution >= 0.6 is 0 Å². The van der Waals surface area contributed by atoms with Gasteiger partial charge in [-0.25, -0.2) is 0 Å². The molecule has 5 nitrogen and oxygen atoms in total.